The molecule has 0 unspecified atom stereocenters. The van der Waals surface area contributed by atoms with E-state index in [1.54, 1.807) is 0 Å². The minimum Gasteiger partial charge on any atom is -0.381 e. The minimum atomic E-state index is -0.0629. The average molecular weight is 635 g/mol. The number of rotatable bonds is 6. The molecule has 1 saturated heterocycles. The summed E-state index contributed by atoms with van der Waals surface area (Å²) in [5.74, 6) is 1.18. The summed E-state index contributed by atoms with van der Waals surface area (Å²) in [5, 5.41) is 9.90. The maximum Gasteiger partial charge on any atom is 0.223 e. The fourth-order valence-electron chi connectivity index (χ4n) is 7.06. The molecule has 0 aliphatic carbocycles. The number of amides is 1. The predicted molar refractivity (Wildman–Crippen MR) is 187 cm³/mol. The maximum atomic E-state index is 13.5. The van der Waals surface area contributed by atoms with E-state index in [1.807, 2.05) is 59.4 Å². The standard InChI is InChI=1S/C37H46N8O2/c1-37(2,3)21-35(46)43-14-11-32-31(25-43)36(40-45(32)29-12-17-47-18-13-29)44-16-15-41(4)33-20-30(27-23-39-42(5)24-27)26(19-34(33)44)22-38-28-9-7-6-8-10-28/h6-10,19-20,22-24,29H,11-18,21,25H2,1-5H3. The van der Waals surface area contributed by atoms with E-state index in [0.717, 1.165) is 91.7 Å². The van der Waals surface area contributed by atoms with Gasteiger partial charge in [0.25, 0.3) is 0 Å². The van der Waals surface area contributed by atoms with Crippen LogP contribution in [0.2, 0.25) is 0 Å². The van der Waals surface area contributed by atoms with E-state index in [1.165, 1.54) is 11.3 Å². The lowest BCUT2D eigenvalue weighted by molar-refractivity contribution is -0.134. The highest BCUT2D eigenvalue weighted by Gasteiger charge is 2.35. The highest BCUT2D eigenvalue weighted by atomic mass is 16.5. The monoisotopic (exact) mass is 634 g/mol. The van der Waals surface area contributed by atoms with Gasteiger partial charge in [-0.1, -0.05) is 39.0 Å². The molecule has 0 saturated carbocycles. The van der Waals surface area contributed by atoms with Gasteiger partial charge in [-0.25, -0.2) is 0 Å². The molecule has 0 spiro atoms. The highest BCUT2D eigenvalue weighted by Crippen LogP contribution is 2.44. The van der Waals surface area contributed by atoms with Gasteiger partial charge in [0.15, 0.2) is 5.82 Å². The Bertz CT molecular complexity index is 1780. The van der Waals surface area contributed by atoms with E-state index < -0.39 is 0 Å². The van der Waals surface area contributed by atoms with Crippen molar-refractivity contribution in [2.45, 2.75) is 59.0 Å². The van der Waals surface area contributed by atoms with Crippen molar-refractivity contribution in [3.63, 3.8) is 0 Å². The number of aryl methyl sites for hydroxylation is 1. The summed E-state index contributed by atoms with van der Waals surface area (Å²) in [6, 6.07) is 14.9. The lowest BCUT2D eigenvalue weighted by Gasteiger charge is -2.38. The molecule has 10 heteroatoms. The molecule has 3 aliphatic heterocycles. The average Bonchev–Trinajstić information content (AvgIpc) is 3.67. The highest BCUT2D eigenvalue weighted by molar-refractivity contribution is 5.97. The van der Waals surface area contributed by atoms with Gasteiger partial charge in [-0.2, -0.15) is 10.2 Å². The van der Waals surface area contributed by atoms with Crippen molar-refractivity contribution in [3.8, 4) is 11.1 Å². The Kier molecular flexibility index (Phi) is 8.38. The van der Waals surface area contributed by atoms with Gasteiger partial charge in [-0.05, 0) is 48.1 Å². The second-order valence-electron chi connectivity index (χ2n) is 14.3. The van der Waals surface area contributed by atoms with Crippen molar-refractivity contribution >= 4 is 35.0 Å². The Morgan fingerprint density at radius 2 is 1.83 bits per heavy atom. The smallest absolute Gasteiger partial charge is 0.223 e. The van der Waals surface area contributed by atoms with Crippen LogP contribution >= 0.6 is 0 Å². The molecule has 0 bridgehead atoms. The summed E-state index contributed by atoms with van der Waals surface area (Å²) in [6.07, 6.45) is 9.18. The Morgan fingerprint density at radius 3 is 2.55 bits per heavy atom. The number of benzene rings is 2. The van der Waals surface area contributed by atoms with E-state index in [9.17, 15) is 4.79 Å². The third-order valence-corrected chi connectivity index (χ3v) is 9.52. The molecular weight excluding hydrogens is 588 g/mol. The van der Waals surface area contributed by atoms with Gasteiger partial charge in [0.1, 0.15) is 0 Å². The number of hydrogen-bond donors (Lipinski definition) is 0. The van der Waals surface area contributed by atoms with Crippen LogP contribution in [-0.4, -0.2) is 76.5 Å². The van der Waals surface area contributed by atoms with Crippen LogP contribution in [0.15, 0.2) is 59.9 Å². The number of aromatic nitrogens is 4. The molecule has 2 aromatic heterocycles. The molecule has 0 N–H and O–H groups in total. The minimum absolute atomic E-state index is 0.0629. The van der Waals surface area contributed by atoms with Gasteiger partial charge < -0.3 is 19.4 Å². The van der Waals surface area contributed by atoms with Crippen molar-refractivity contribution in [1.29, 1.82) is 0 Å². The van der Waals surface area contributed by atoms with E-state index in [0.29, 0.717) is 19.0 Å². The molecule has 246 valence electrons. The summed E-state index contributed by atoms with van der Waals surface area (Å²) in [4.78, 5) is 25.1. The van der Waals surface area contributed by atoms with E-state index in [2.05, 4.69) is 65.7 Å². The molecule has 1 amide bonds. The van der Waals surface area contributed by atoms with Crippen LogP contribution in [0.5, 0.6) is 0 Å². The van der Waals surface area contributed by atoms with Crippen LogP contribution in [-0.2, 0) is 29.5 Å². The number of hydrogen-bond acceptors (Lipinski definition) is 7. The van der Waals surface area contributed by atoms with Crippen molar-refractivity contribution in [2.75, 3.05) is 49.7 Å². The SMILES string of the molecule is CN1CCN(c2nn(C3CCOCC3)c3c2CN(C(=O)CC(C)(C)C)CC3)c2cc(C=Nc3ccccc3)c(-c3cnn(C)c3)cc21. The molecule has 10 nitrogen and oxygen atoms in total. The first-order valence-corrected chi connectivity index (χ1v) is 16.9. The number of para-hydroxylation sites is 1. The van der Waals surface area contributed by atoms with Crippen LogP contribution in [0.4, 0.5) is 22.9 Å². The number of likely N-dealkylation sites (N-methyl/N-ethyl adjacent to an activating group) is 1. The zero-order valence-electron chi connectivity index (χ0n) is 28.3. The molecule has 3 aliphatic rings. The summed E-state index contributed by atoms with van der Waals surface area (Å²) >= 11 is 0. The van der Waals surface area contributed by atoms with E-state index >= 15 is 0 Å². The molecule has 5 heterocycles. The predicted octanol–water partition coefficient (Wildman–Crippen LogP) is 6.29. The Labute approximate surface area is 277 Å². The largest absolute Gasteiger partial charge is 0.381 e. The Balaban J connectivity index is 1.34. The molecule has 4 aromatic rings. The number of carbonyl (C=O) groups excluding carboxylic acids is 1. The number of aliphatic imine (C=N–C) groups is 1. The van der Waals surface area contributed by atoms with Crippen molar-refractivity contribution in [1.82, 2.24) is 24.5 Å². The number of carbonyl (C=O) groups is 1. The first-order valence-electron chi connectivity index (χ1n) is 16.9. The third-order valence-electron chi connectivity index (χ3n) is 9.52. The third kappa shape index (κ3) is 6.43. The van der Waals surface area contributed by atoms with Crippen molar-refractivity contribution in [3.05, 3.63) is 71.7 Å². The van der Waals surface area contributed by atoms with Crippen LogP contribution in [0, 0.1) is 5.41 Å². The second-order valence-corrected chi connectivity index (χ2v) is 14.3. The number of fused-ring (bicyclic) bond motifs is 2. The van der Waals surface area contributed by atoms with Gasteiger partial charge in [0, 0.05) is 94.6 Å². The second kappa shape index (κ2) is 12.6. The maximum absolute atomic E-state index is 13.5. The Morgan fingerprint density at radius 1 is 1.04 bits per heavy atom. The van der Waals surface area contributed by atoms with E-state index in [4.69, 9.17) is 14.8 Å². The quantitative estimate of drug-likeness (QED) is 0.232. The number of ether oxygens (including phenoxy) is 1. The van der Waals surface area contributed by atoms with Gasteiger partial charge in [-0.3, -0.25) is 19.2 Å². The van der Waals surface area contributed by atoms with Crippen molar-refractivity contribution in [2.24, 2.45) is 17.5 Å². The van der Waals surface area contributed by atoms with Crippen LogP contribution < -0.4 is 9.80 Å². The fraction of sp³-hybridized carbons (Fsp3) is 0.459. The summed E-state index contributed by atoms with van der Waals surface area (Å²) in [7, 11) is 4.10. The zero-order valence-corrected chi connectivity index (χ0v) is 28.3. The van der Waals surface area contributed by atoms with Gasteiger partial charge in [-0.15, -0.1) is 0 Å². The lowest BCUT2D eigenvalue weighted by Crippen LogP contribution is -2.40. The van der Waals surface area contributed by atoms with Crippen molar-refractivity contribution < 1.29 is 9.53 Å². The summed E-state index contributed by atoms with van der Waals surface area (Å²) < 4.78 is 9.86. The van der Waals surface area contributed by atoms with Crippen LogP contribution in [0.3, 0.4) is 0 Å². The normalized spacial score (nSPS) is 17.3. The summed E-state index contributed by atoms with van der Waals surface area (Å²) in [6.45, 7) is 10.9. The lowest BCUT2D eigenvalue weighted by atomic mass is 9.91. The molecule has 0 atom stereocenters. The summed E-state index contributed by atoms with van der Waals surface area (Å²) in [5.41, 5.74) is 8.66. The number of nitrogens with zero attached hydrogens (tertiary/aromatic N) is 8. The molecule has 2 aromatic carbocycles. The van der Waals surface area contributed by atoms with Gasteiger partial charge >= 0.3 is 0 Å². The van der Waals surface area contributed by atoms with Crippen LogP contribution in [0.1, 0.15) is 62.9 Å². The Hall–Kier alpha value is -4.44. The molecular formula is C37H46N8O2. The first-order chi connectivity index (χ1) is 22.6. The fourth-order valence-corrected chi connectivity index (χ4v) is 7.06. The topological polar surface area (TPSA) is 84.0 Å². The van der Waals surface area contributed by atoms with Gasteiger partial charge in [0.05, 0.1) is 35.8 Å². The molecule has 47 heavy (non-hydrogen) atoms. The van der Waals surface area contributed by atoms with Gasteiger partial charge in [0.2, 0.25) is 5.91 Å². The molecule has 7 rings (SSSR count). The molecule has 0 radical (unpaired) electrons. The van der Waals surface area contributed by atoms with E-state index in [-0.39, 0.29) is 11.3 Å². The zero-order chi connectivity index (χ0) is 32.7. The number of anilines is 3. The molecule has 1 fully saturated rings. The van der Waals surface area contributed by atoms with Crippen LogP contribution in [0.25, 0.3) is 11.1 Å². The first kappa shape index (κ1) is 31.2.